The summed E-state index contributed by atoms with van der Waals surface area (Å²) in [5, 5.41) is 6.07. The van der Waals surface area contributed by atoms with Crippen LogP contribution in [-0.4, -0.2) is 31.3 Å². The normalized spacial score (nSPS) is 12.6. The largest absolute Gasteiger partial charge is 0.339 e. The van der Waals surface area contributed by atoms with Crippen molar-refractivity contribution < 1.29 is 13.2 Å². The van der Waals surface area contributed by atoms with Crippen LogP contribution in [0.25, 0.3) is 11.3 Å². The van der Waals surface area contributed by atoms with Gasteiger partial charge in [-0.05, 0) is 38.5 Å². The number of carbonyl (C=O) groups is 1. The number of primary sulfonamides is 1. The molecule has 1 aromatic heterocycles. The van der Waals surface area contributed by atoms with Gasteiger partial charge < -0.3 is 4.90 Å². The van der Waals surface area contributed by atoms with Crippen LogP contribution in [-0.2, 0) is 21.2 Å². The van der Waals surface area contributed by atoms with E-state index in [1.807, 2.05) is 45.0 Å². The number of likely N-dealkylation sites (N-methyl/N-ethyl adjacent to an activating group) is 1. The molecule has 8 heteroatoms. The van der Waals surface area contributed by atoms with E-state index in [2.05, 4.69) is 4.98 Å². The Morgan fingerprint density at radius 2 is 1.70 bits per heavy atom. The van der Waals surface area contributed by atoms with Gasteiger partial charge in [-0.3, -0.25) is 4.79 Å². The number of rotatable bonds is 6. The fourth-order valence-electron chi connectivity index (χ4n) is 3.16. The summed E-state index contributed by atoms with van der Waals surface area (Å²) in [6, 6.07) is 14.2. The van der Waals surface area contributed by atoms with Gasteiger partial charge in [0, 0.05) is 17.5 Å². The predicted octanol–water partition coefficient (Wildman–Crippen LogP) is 3.84. The number of hydrogen-bond acceptors (Lipinski definition) is 5. The van der Waals surface area contributed by atoms with Crippen molar-refractivity contribution in [3.05, 3.63) is 69.5 Å². The van der Waals surface area contributed by atoms with E-state index in [0.29, 0.717) is 0 Å². The maximum Gasteiger partial charge on any atom is 0.238 e. The third-order valence-electron chi connectivity index (χ3n) is 5.11. The molecule has 0 fully saturated rings. The molecule has 0 radical (unpaired) electrons. The highest BCUT2D eigenvalue weighted by Crippen LogP contribution is 2.30. The van der Waals surface area contributed by atoms with Crippen molar-refractivity contribution in [2.24, 2.45) is 5.14 Å². The summed E-state index contributed by atoms with van der Waals surface area (Å²) < 4.78 is 22.9. The van der Waals surface area contributed by atoms with E-state index in [0.717, 1.165) is 26.7 Å². The smallest absolute Gasteiger partial charge is 0.238 e. The number of amides is 1. The van der Waals surface area contributed by atoms with Crippen LogP contribution in [0.5, 0.6) is 0 Å². The molecule has 0 saturated carbocycles. The Kier molecular flexibility index (Phi) is 6.40. The fraction of sp³-hybridized carbons (Fsp3) is 0.273. The van der Waals surface area contributed by atoms with Gasteiger partial charge in [-0.15, -0.1) is 11.3 Å². The molecule has 0 bridgehead atoms. The summed E-state index contributed by atoms with van der Waals surface area (Å²) in [6.07, 6.45) is 0.255. The highest BCUT2D eigenvalue weighted by molar-refractivity contribution is 7.89. The minimum absolute atomic E-state index is 0.0324. The Morgan fingerprint density at radius 1 is 1.10 bits per heavy atom. The Hall–Kier alpha value is -2.55. The quantitative estimate of drug-likeness (QED) is 0.626. The molecule has 0 saturated heterocycles. The number of carbonyl (C=O) groups excluding carboxylic acids is 1. The molecule has 6 nitrogen and oxygen atoms in total. The van der Waals surface area contributed by atoms with E-state index in [9.17, 15) is 13.2 Å². The second-order valence-corrected chi connectivity index (χ2v) is 10.2. The molecule has 0 aliphatic heterocycles. The van der Waals surface area contributed by atoms with Crippen molar-refractivity contribution in [2.75, 3.05) is 7.05 Å². The zero-order valence-electron chi connectivity index (χ0n) is 17.4. The summed E-state index contributed by atoms with van der Waals surface area (Å²) in [5.41, 5.74) is 3.86. The average molecular weight is 444 g/mol. The Morgan fingerprint density at radius 3 is 2.27 bits per heavy atom. The summed E-state index contributed by atoms with van der Waals surface area (Å²) in [6.45, 7) is 5.88. The lowest BCUT2D eigenvalue weighted by Crippen LogP contribution is -2.31. The van der Waals surface area contributed by atoms with Gasteiger partial charge in [0.25, 0.3) is 0 Å². The number of sulfonamides is 1. The Bertz CT molecular complexity index is 1150. The molecular weight excluding hydrogens is 418 g/mol. The van der Waals surface area contributed by atoms with Crippen LogP contribution in [0.2, 0.25) is 0 Å². The number of benzene rings is 2. The van der Waals surface area contributed by atoms with E-state index in [-0.39, 0.29) is 23.3 Å². The van der Waals surface area contributed by atoms with Gasteiger partial charge in [-0.25, -0.2) is 18.5 Å². The van der Waals surface area contributed by atoms with Crippen LogP contribution < -0.4 is 5.14 Å². The number of aryl methyl sites for hydroxylation is 2. The van der Waals surface area contributed by atoms with E-state index >= 15 is 0 Å². The molecule has 0 unspecified atom stereocenters. The van der Waals surface area contributed by atoms with E-state index in [1.165, 1.54) is 29.0 Å². The number of thiazole rings is 1. The zero-order valence-corrected chi connectivity index (χ0v) is 19.0. The monoisotopic (exact) mass is 443 g/mol. The molecule has 1 atom stereocenters. The number of nitrogens with two attached hydrogens (primary N) is 1. The minimum Gasteiger partial charge on any atom is -0.339 e. The lowest BCUT2D eigenvalue weighted by molar-refractivity contribution is -0.131. The average Bonchev–Trinajstić information content (AvgIpc) is 3.06. The Balaban J connectivity index is 1.78. The van der Waals surface area contributed by atoms with Gasteiger partial charge >= 0.3 is 0 Å². The van der Waals surface area contributed by atoms with E-state index in [4.69, 9.17) is 5.14 Å². The molecule has 3 aromatic rings. The van der Waals surface area contributed by atoms with Gasteiger partial charge in [-0.1, -0.05) is 42.0 Å². The van der Waals surface area contributed by atoms with Gasteiger partial charge in [0.2, 0.25) is 15.9 Å². The molecule has 0 aliphatic carbocycles. The molecule has 30 heavy (non-hydrogen) atoms. The van der Waals surface area contributed by atoms with Crippen molar-refractivity contribution in [1.82, 2.24) is 9.88 Å². The maximum atomic E-state index is 13.0. The number of nitrogens with zero attached hydrogens (tertiary/aromatic N) is 2. The SMILES string of the molecule is Cc1ccc(-c2nc(C)sc2CC(=O)N(C)[C@H](C)c2ccc(S(N)(=O)=O)cc2)cc1. The second kappa shape index (κ2) is 8.67. The van der Waals surface area contributed by atoms with Gasteiger partial charge in [0.1, 0.15) is 0 Å². The predicted molar refractivity (Wildman–Crippen MR) is 120 cm³/mol. The minimum atomic E-state index is -3.74. The summed E-state index contributed by atoms with van der Waals surface area (Å²) in [5.74, 6) is -0.0324. The third kappa shape index (κ3) is 4.95. The van der Waals surface area contributed by atoms with Gasteiger partial charge in [0.15, 0.2) is 0 Å². The molecular formula is C22H25N3O3S2. The lowest BCUT2D eigenvalue weighted by Gasteiger charge is -2.25. The second-order valence-electron chi connectivity index (χ2n) is 7.34. The molecule has 158 valence electrons. The summed E-state index contributed by atoms with van der Waals surface area (Å²) >= 11 is 1.53. The standard InChI is InChI=1S/C22H25N3O3S2/c1-14-5-7-18(8-6-14)22-20(29-16(3)24-22)13-21(26)25(4)15(2)17-9-11-19(12-10-17)30(23,27)28/h5-12,15H,13H2,1-4H3,(H2,23,27,28)/t15-/m1/s1. The van der Waals surface area contributed by atoms with Crippen LogP contribution >= 0.6 is 11.3 Å². The topological polar surface area (TPSA) is 93.4 Å². The fourth-order valence-corrected chi connectivity index (χ4v) is 4.63. The first-order valence-electron chi connectivity index (χ1n) is 9.48. The van der Waals surface area contributed by atoms with Gasteiger partial charge in [0.05, 0.1) is 28.1 Å². The van der Waals surface area contributed by atoms with Crippen molar-refractivity contribution in [1.29, 1.82) is 0 Å². The molecule has 1 heterocycles. The van der Waals surface area contributed by atoms with Crippen molar-refractivity contribution >= 4 is 27.3 Å². The van der Waals surface area contributed by atoms with Crippen molar-refractivity contribution in [3.63, 3.8) is 0 Å². The van der Waals surface area contributed by atoms with Crippen LogP contribution in [0.1, 0.15) is 34.0 Å². The Labute approximate surface area is 181 Å². The van der Waals surface area contributed by atoms with Crippen LogP contribution in [0.15, 0.2) is 53.4 Å². The first-order chi connectivity index (χ1) is 14.1. The van der Waals surface area contributed by atoms with Crippen molar-refractivity contribution in [3.8, 4) is 11.3 Å². The lowest BCUT2D eigenvalue weighted by atomic mass is 10.1. The highest BCUT2D eigenvalue weighted by atomic mass is 32.2. The first kappa shape index (κ1) is 22.1. The van der Waals surface area contributed by atoms with E-state index < -0.39 is 10.0 Å². The highest BCUT2D eigenvalue weighted by Gasteiger charge is 2.21. The molecule has 0 spiro atoms. The molecule has 0 aliphatic rings. The molecule has 2 aromatic carbocycles. The third-order valence-corrected chi connectivity index (χ3v) is 7.01. The van der Waals surface area contributed by atoms with Gasteiger partial charge in [-0.2, -0.15) is 0 Å². The summed E-state index contributed by atoms with van der Waals surface area (Å²) in [4.78, 5) is 20.3. The van der Waals surface area contributed by atoms with Crippen LogP contribution in [0.3, 0.4) is 0 Å². The molecule has 1 amide bonds. The number of aromatic nitrogens is 1. The zero-order chi connectivity index (χ0) is 22.1. The summed E-state index contributed by atoms with van der Waals surface area (Å²) in [7, 11) is -1.99. The van der Waals surface area contributed by atoms with Crippen LogP contribution in [0.4, 0.5) is 0 Å². The van der Waals surface area contributed by atoms with E-state index in [1.54, 1.807) is 24.1 Å². The molecule has 2 N–H and O–H groups in total. The maximum absolute atomic E-state index is 13.0. The number of hydrogen-bond donors (Lipinski definition) is 1. The van der Waals surface area contributed by atoms with Crippen molar-refractivity contribution in [2.45, 2.75) is 38.1 Å². The van der Waals surface area contributed by atoms with Crippen LogP contribution in [0, 0.1) is 13.8 Å². The molecule has 3 rings (SSSR count). The first-order valence-corrected chi connectivity index (χ1v) is 11.8.